The molecule has 0 amide bonds. The monoisotopic (exact) mass is 716 g/mol. The molecule has 0 N–H and O–H groups in total. The van der Waals surface area contributed by atoms with Crippen LogP contribution < -0.4 is 0 Å². The molecule has 13 heteroatoms. The number of esters is 4. The van der Waals surface area contributed by atoms with Crippen molar-refractivity contribution in [3.8, 4) is 0 Å². The lowest BCUT2D eigenvalue weighted by Gasteiger charge is -2.45. The topological polar surface area (TPSA) is 132 Å². The van der Waals surface area contributed by atoms with Crippen LogP contribution in [0.1, 0.15) is 55.3 Å². The summed E-state index contributed by atoms with van der Waals surface area (Å²) in [5.41, 5.74) is -0.899. The fourth-order valence-electron chi connectivity index (χ4n) is 3.92. The second-order valence-electron chi connectivity index (χ2n) is 10.1. The van der Waals surface area contributed by atoms with Crippen LogP contribution in [0.4, 0.5) is 0 Å². The average Bonchev–Trinajstić information content (AvgIpc) is 2.89. The minimum atomic E-state index is -1.83. The van der Waals surface area contributed by atoms with Crippen molar-refractivity contribution in [2.45, 2.75) is 69.2 Å². The predicted octanol–water partition coefficient (Wildman–Crippen LogP) is 4.73. The number of halogens is 2. The maximum Gasteiger partial charge on any atom is 0.338 e. The molecule has 6 atom stereocenters. The summed E-state index contributed by atoms with van der Waals surface area (Å²) in [5, 5.41) is 0. The first-order valence-electron chi connectivity index (χ1n) is 12.5. The molecule has 0 aromatic heterocycles. The molecule has 10 nitrogen and oxygen atoms in total. The molecule has 41 heavy (non-hydrogen) atoms. The van der Waals surface area contributed by atoms with Gasteiger partial charge in [0.25, 0.3) is 0 Å². The highest BCUT2D eigenvalue weighted by molar-refractivity contribution is 9.10. The molecular formula is C28H30Br2O10S. The second-order valence-corrected chi connectivity index (χ2v) is 14.2. The molecule has 0 radical (unpaired) electrons. The van der Waals surface area contributed by atoms with Crippen LogP contribution >= 0.6 is 31.9 Å². The van der Waals surface area contributed by atoms with Gasteiger partial charge >= 0.3 is 23.9 Å². The van der Waals surface area contributed by atoms with Crippen LogP contribution in [0.5, 0.6) is 0 Å². The zero-order valence-corrected chi connectivity index (χ0v) is 26.9. The number of rotatable bonds is 8. The van der Waals surface area contributed by atoms with Crippen molar-refractivity contribution in [3.05, 3.63) is 68.6 Å². The van der Waals surface area contributed by atoms with Crippen LogP contribution in [0.15, 0.2) is 57.5 Å². The minimum Gasteiger partial charge on any atom is -0.459 e. The normalized spacial score (nSPS) is 23.1. The number of benzene rings is 2. The smallest absolute Gasteiger partial charge is 0.338 e. The van der Waals surface area contributed by atoms with E-state index in [2.05, 4.69) is 31.9 Å². The Balaban J connectivity index is 2.02. The molecular weight excluding hydrogens is 688 g/mol. The highest BCUT2D eigenvalue weighted by Gasteiger charge is 2.55. The molecule has 0 aliphatic carbocycles. The lowest BCUT2D eigenvalue weighted by Crippen LogP contribution is -2.64. The third-order valence-corrected chi connectivity index (χ3v) is 8.86. The maximum atomic E-state index is 13.6. The van der Waals surface area contributed by atoms with E-state index in [4.69, 9.17) is 23.7 Å². The summed E-state index contributed by atoms with van der Waals surface area (Å²) in [6.07, 6.45) is -5.50. The van der Waals surface area contributed by atoms with E-state index in [1.54, 1.807) is 57.2 Å². The van der Waals surface area contributed by atoms with Crippen molar-refractivity contribution in [1.29, 1.82) is 0 Å². The zero-order valence-electron chi connectivity index (χ0n) is 23.0. The van der Waals surface area contributed by atoms with Crippen LogP contribution in [0.3, 0.4) is 0 Å². The molecule has 2 aromatic rings. The van der Waals surface area contributed by atoms with E-state index >= 15 is 0 Å². The fourth-order valence-corrected chi connectivity index (χ4v) is 5.85. The summed E-state index contributed by atoms with van der Waals surface area (Å²) in [5.74, 6) is -3.03. The molecule has 3 rings (SSSR count). The number of hydrogen-bond acceptors (Lipinski definition) is 10. The number of carbonyl (C=O) groups excluding carboxylic acids is 4. The van der Waals surface area contributed by atoms with Gasteiger partial charge in [-0.3, -0.25) is 13.8 Å². The average molecular weight is 718 g/mol. The minimum absolute atomic E-state index is 0.171. The van der Waals surface area contributed by atoms with E-state index in [0.29, 0.717) is 0 Å². The van der Waals surface area contributed by atoms with Gasteiger partial charge in [0.2, 0.25) is 0 Å². The van der Waals surface area contributed by atoms with Crippen LogP contribution in [0, 0.1) is 0 Å². The Morgan fingerprint density at radius 1 is 0.756 bits per heavy atom. The van der Waals surface area contributed by atoms with E-state index in [9.17, 15) is 23.4 Å². The zero-order chi connectivity index (χ0) is 30.5. The molecule has 222 valence electrons. The molecule has 0 bridgehead atoms. The Hall–Kier alpha value is -2.61. The fraction of sp³-hybridized carbons (Fsp3) is 0.429. The first kappa shape index (κ1) is 32.9. The van der Waals surface area contributed by atoms with Crippen LogP contribution in [0.25, 0.3) is 0 Å². The number of hydrogen-bond donors (Lipinski definition) is 0. The van der Waals surface area contributed by atoms with Crippen molar-refractivity contribution in [2.75, 3.05) is 6.61 Å². The summed E-state index contributed by atoms with van der Waals surface area (Å²) < 4.78 is 42.7. The van der Waals surface area contributed by atoms with Crippen molar-refractivity contribution >= 4 is 66.5 Å². The van der Waals surface area contributed by atoms with Crippen LogP contribution in [-0.4, -0.2) is 69.3 Å². The molecule has 1 aliphatic rings. The first-order valence-corrected chi connectivity index (χ1v) is 15.3. The summed E-state index contributed by atoms with van der Waals surface area (Å²) >= 11 is 6.61. The lowest BCUT2D eigenvalue weighted by molar-refractivity contribution is -0.229. The summed E-state index contributed by atoms with van der Waals surface area (Å²) in [4.78, 5) is 50.3. The third kappa shape index (κ3) is 8.94. The van der Waals surface area contributed by atoms with Crippen LogP contribution in [0.2, 0.25) is 0 Å². The Morgan fingerprint density at radius 2 is 1.22 bits per heavy atom. The highest BCUT2D eigenvalue weighted by Crippen LogP contribution is 2.34. The van der Waals surface area contributed by atoms with Crippen LogP contribution in [-0.2, 0) is 44.1 Å². The quantitative estimate of drug-likeness (QED) is 0.279. The van der Waals surface area contributed by atoms with E-state index in [1.165, 1.54) is 12.1 Å². The van der Waals surface area contributed by atoms with E-state index in [0.717, 1.165) is 22.8 Å². The van der Waals surface area contributed by atoms with Gasteiger partial charge in [0.05, 0.1) is 21.9 Å². The van der Waals surface area contributed by atoms with Gasteiger partial charge in [-0.25, -0.2) is 9.59 Å². The molecule has 1 heterocycles. The van der Waals surface area contributed by atoms with Gasteiger partial charge in [-0.15, -0.1) is 0 Å². The van der Waals surface area contributed by atoms with Gasteiger partial charge in [-0.05, 0) is 69.3 Å². The Kier molecular flexibility index (Phi) is 11.3. The molecule has 0 spiro atoms. The molecule has 0 saturated carbocycles. The Bertz CT molecular complexity index is 1290. The van der Waals surface area contributed by atoms with Crippen molar-refractivity contribution in [3.63, 3.8) is 0 Å². The summed E-state index contributed by atoms with van der Waals surface area (Å²) in [6.45, 7) is 6.89. The standard InChI is InChI=1S/C28H30Br2O10S/c1-15(31)37-23-22(40-26(34)18-8-12-20(30)13-9-18)21(14-36-25(33)17-6-10-19(29)11-7-17)39-27(24(23)38-16(2)32)41(35)28(3,4)5/h6-13,21-24,27H,14H2,1-5H3/t21-,22-,23+,24-,27+,41+/m1/s1. The van der Waals surface area contributed by atoms with Crippen molar-refractivity contribution < 1.29 is 47.1 Å². The molecule has 1 aliphatic heterocycles. The van der Waals surface area contributed by atoms with Gasteiger partial charge < -0.3 is 23.7 Å². The van der Waals surface area contributed by atoms with Crippen molar-refractivity contribution in [2.24, 2.45) is 0 Å². The van der Waals surface area contributed by atoms with Gasteiger partial charge in [-0.1, -0.05) is 31.9 Å². The highest BCUT2D eigenvalue weighted by atomic mass is 79.9. The number of carbonyl (C=O) groups is 4. The van der Waals surface area contributed by atoms with Gasteiger partial charge in [-0.2, -0.15) is 0 Å². The predicted molar refractivity (Wildman–Crippen MR) is 155 cm³/mol. The molecule has 0 unspecified atom stereocenters. The summed E-state index contributed by atoms with van der Waals surface area (Å²) in [7, 11) is -1.83. The molecule has 1 fully saturated rings. The second kappa shape index (κ2) is 14.0. The van der Waals surface area contributed by atoms with E-state index in [-0.39, 0.29) is 11.1 Å². The SMILES string of the molecule is CC(=O)O[C@@H]1[C@@H](OC(C)=O)[C@H]([S@](=O)C(C)(C)C)O[C@H](COC(=O)c2ccc(Br)cc2)[C@H]1OC(=O)c1ccc(Br)cc1. The van der Waals surface area contributed by atoms with Crippen molar-refractivity contribution in [1.82, 2.24) is 0 Å². The van der Waals surface area contributed by atoms with Gasteiger partial charge in [0, 0.05) is 27.5 Å². The first-order chi connectivity index (χ1) is 19.2. The molecule has 2 aromatic carbocycles. The third-order valence-electron chi connectivity index (χ3n) is 5.79. The maximum absolute atomic E-state index is 13.6. The summed E-state index contributed by atoms with van der Waals surface area (Å²) in [6, 6.07) is 12.7. The Labute approximate surface area is 257 Å². The lowest BCUT2D eigenvalue weighted by atomic mass is 9.99. The van der Waals surface area contributed by atoms with E-state index in [1.807, 2.05) is 0 Å². The number of ether oxygens (including phenoxy) is 5. The van der Waals surface area contributed by atoms with Gasteiger partial charge in [0.1, 0.15) is 12.7 Å². The van der Waals surface area contributed by atoms with E-state index < -0.39 is 75.9 Å². The largest absolute Gasteiger partial charge is 0.459 e. The van der Waals surface area contributed by atoms with Gasteiger partial charge in [0.15, 0.2) is 23.7 Å². The Morgan fingerprint density at radius 3 is 1.68 bits per heavy atom. The molecule has 1 saturated heterocycles.